The first-order valence-corrected chi connectivity index (χ1v) is 6.42. The van der Waals surface area contributed by atoms with Crippen LogP contribution < -0.4 is 5.73 Å². The molecule has 0 bridgehead atoms. The Morgan fingerprint density at radius 1 is 1.35 bits per heavy atom. The predicted molar refractivity (Wildman–Crippen MR) is 73.8 cm³/mol. The van der Waals surface area contributed by atoms with Gasteiger partial charge in [-0.1, -0.05) is 21.9 Å². The lowest BCUT2D eigenvalue weighted by molar-refractivity contribution is -0.156. The molecule has 0 saturated heterocycles. The van der Waals surface area contributed by atoms with E-state index in [0.29, 0.717) is 10.6 Å². The van der Waals surface area contributed by atoms with Gasteiger partial charge in [-0.15, -0.1) is 0 Å². The lowest BCUT2D eigenvalue weighted by Crippen LogP contribution is -2.17. The first-order chi connectivity index (χ1) is 10.7. The number of aryl methyl sites for hydroxylation is 1. The number of carbonyl (C=O) groups is 1. The smallest absolute Gasteiger partial charge is 0.380 e. The highest BCUT2D eigenvalue weighted by molar-refractivity contribution is 6.30. The minimum atomic E-state index is -4.89. The molecule has 0 aliphatic carbocycles. The molecule has 0 amide bonds. The average Bonchev–Trinajstić information content (AvgIpc) is 2.87. The Balaban J connectivity index is 2.21. The molecule has 0 unspecified atom stereocenters. The molecular weight excluding hydrogens is 339 g/mol. The third-order valence-electron chi connectivity index (χ3n) is 2.69. The Kier molecular flexibility index (Phi) is 4.60. The topological polar surface area (TPSA) is 90.7 Å². The van der Waals surface area contributed by atoms with Crippen LogP contribution in [0.5, 0.6) is 0 Å². The molecule has 2 N–H and O–H groups in total. The largest absolute Gasteiger partial charge is 0.453 e. The van der Waals surface area contributed by atoms with E-state index in [0.717, 1.165) is 0 Å². The molecule has 10 heteroatoms. The third-order valence-corrected chi connectivity index (χ3v) is 2.94. The molecule has 2 rings (SSSR count). The molecule has 0 fully saturated rings. The van der Waals surface area contributed by atoms with Crippen LogP contribution >= 0.6 is 11.6 Å². The second-order valence-electron chi connectivity index (χ2n) is 4.33. The Morgan fingerprint density at radius 2 is 1.96 bits per heavy atom. The molecule has 0 aliphatic rings. The SMILES string of the molecule is Cc1noc(C(F)(F)F)c1C(=O)O/N=C(\N)c1ccc(Cl)cc1. The van der Waals surface area contributed by atoms with Crippen molar-refractivity contribution < 1.29 is 27.3 Å². The van der Waals surface area contributed by atoms with E-state index < -0.39 is 23.5 Å². The summed E-state index contributed by atoms with van der Waals surface area (Å²) in [7, 11) is 0. The van der Waals surface area contributed by atoms with E-state index in [4.69, 9.17) is 17.3 Å². The molecule has 6 nitrogen and oxygen atoms in total. The highest BCUT2D eigenvalue weighted by Crippen LogP contribution is 2.33. The van der Waals surface area contributed by atoms with E-state index in [1.807, 2.05) is 0 Å². The Morgan fingerprint density at radius 3 is 2.52 bits per heavy atom. The number of carbonyl (C=O) groups excluding carboxylic acids is 1. The minimum Gasteiger partial charge on any atom is -0.380 e. The van der Waals surface area contributed by atoms with Gasteiger partial charge >= 0.3 is 12.1 Å². The number of oxime groups is 1. The van der Waals surface area contributed by atoms with Crippen LogP contribution in [0.25, 0.3) is 0 Å². The molecule has 23 heavy (non-hydrogen) atoms. The zero-order valence-corrected chi connectivity index (χ0v) is 12.3. The van der Waals surface area contributed by atoms with Gasteiger partial charge < -0.3 is 15.1 Å². The van der Waals surface area contributed by atoms with Crippen LogP contribution in [0, 0.1) is 6.92 Å². The number of nitrogens with two attached hydrogens (primary N) is 1. The summed E-state index contributed by atoms with van der Waals surface area (Å²) in [5.74, 6) is -3.15. The van der Waals surface area contributed by atoms with Crippen LogP contribution in [0.1, 0.15) is 27.4 Å². The number of benzene rings is 1. The molecule has 0 saturated carbocycles. The minimum absolute atomic E-state index is 0.210. The highest BCUT2D eigenvalue weighted by atomic mass is 35.5. The van der Waals surface area contributed by atoms with Crippen LogP contribution in [0.15, 0.2) is 33.9 Å². The highest BCUT2D eigenvalue weighted by Gasteiger charge is 2.42. The van der Waals surface area contributed by atoms with Crippen molar-refractivity contribution in [3.63, 3.8) is 0 Å². The van der Waals surface area contributed by atoms with Crippen LogP contribution in [0.2, 0.25) is 5.02 Å². The maximum Gasteiger partial charge on any atom is 0.453 e. The van der Waals surface area contributed by atoms with E-state index >= 15 is 0 Å². The molecule has 122 valence electrons. The fraction of sp³-hybridized carbons (Fsp3) is 0.154. The third kappa shape index (κ3) is 3.81. The number of hydrogen-bond acceptors (Lipinski definition) is 5. The second-order valence-corrected chi connectivity index (χ2v) is 4.77. The number of rotatable bonds is 3. The molecule has 0 spiro atoms. The first kappa shape index (κ1) is 16.8. The van der Waals surface area contributed by atoms with Gasteiger partial charge in [-0.2, -0.15) is 13.2 Å². The van der Waals surface area contributed by atoms with Gasteiger partial charge in [-0.25, -0.2) is 4.79 Å². The van der Waals surface area contributed by atoms with Crippen molar-refractivity contribution in [1.82, 2.24) is 5.16 Å². The number of aromatic nitrogens is 1. The predicted octanol–water partition coefficient (Wildman–Crippen LogP) is 3.13. The van der Waals surface area contributed by atoms with Crippen molar-refractivity contribution in [1.29, 1.82) is 0 Å². The molecule has 0 aliphatic heterocycles. The van der Waals surface area contributed by atoms with Gasteiger partial charge in [0, 0.05) is 10.6 Å². The Hall–Kier alpha value is -2.55. The number of alkyl halides is 3. The molecule has 2 aromatic rings. The molecule has 0 radical (unpaired) electrons. The van der Waals surface area contributed by atoms with Gasteiger partial charge in [-0.05, 0) is 31.2 Å². The number of halogens is 4. The van der Waals surface area contributed by atoms with Crippen LogP contribution in [-0.4, -0.2) is 17.0 Å². The molecule has 0 atom stereocenters. The Labute approximate surface area is 132 Å². The van der Waals surface area contributed by atoms with E-state index in [-0.39, 0.29) is 11.5 Å². The van der Waals surface area contributed by atoms with Crippen LogP contribution in [0.3, 0.4) is 0 Å². The fourth-order valence-corrected chi connectivity index (χ4v) is 1.74. The van der Waals surface area contributed by atoms with E-state index in [1.54, 1.807) is 0 Å². The van der Waals surface area contributed by atoms with Gasteiger partial charge in [-0.3, -0.25) is 0 Å². The van der Waals surface area contributed by atoms with E-state index in [1.165, 1.54) is 31.2 Å². The summed E-state index contributed by atoms with van der Waals surface area (Å²) in [6, 6.07) is 6.04. The summed E-state index contributed by atoms with van der Waals surface area (Å²) < 4.78 is 42.2. The second kappa shape index (κ2) is 6.29. The Bertz CT molecular complexity index is 754. The van der Waals surface area contributed by atoms with Crippen molar-refractivity contribution >= 4 is 23.4 Å². The van der Waals surface area contributed by atoms with Crippen molar-refractivity contribution in [3.05, 3.63) is 51.9 Å². The maximum absolute atomic E-state index is 12.7. The van der Waals surface area contributed by atoms with Crippen LogP contribution in [-0.2, 0) is 11.0 Å². The van der Waals surface area contributed by atoms with Crippen molar-refractivity contribution in [3.8, 4) is 0 Å². The molecule has 1 aromatic carbocycles. The van der Waals surface area contributed by atoms with E-state index in [2.05, 4.69) is 19.7 Å². The number of amidine groups is 1. The zero-order chi connectivity index (χ0) is 17.2. The van der Waals surface area contributed by atoms with Crippen molar-refractivity contribution in [2.75, 3.05) is 0 Å². The van der Waals surface area contributed by atoms with E-state index in [9.17, 15) is 18.0 Å². The van der Waals surface area contributed by atoms with Crippen LogP contribution in [0.4, 0.5) is 13.2 Å². The lowest BCUT2D eigenvalue weighted by Gasteiger charge is -2.04. The van der Waals surface area contributed by atoms with Gasteiger partial charge in [0.1, 0.15) is 5.56 Å². The summed E-state index contributed by atoms with van der Waals surface area (Å²) in [6.07, 6.45) is -4.89. The number of hydrogen-bond donors (Lipinski definition) is 1. The standard InChI is InChI=1S/C13H9ClF3N3O3/c1-6-9(10(22-19-6)13(15,16)17)12(21)23-20-11(18)7-2-4-8(14)5-3-7/h2-5H,1H3,(H2,18,20). The van der Waals surface area contributed by atoms with Gasteiger partial charge in [0.05, 0.1) is 5.69 Å². The molecule has 1 aromatic heterocycles. The monoisotopic (exact) mass is 347 g/mol. The molecular formula is C13H9ClF3N3O3. The summed E-state index contributed by atoms with van der Waals surface area (Å²) in [5.41, 5.74) is 4.82. The number of nitrogens with zero attached hydrogens (tertiary/aromatic N) is 2. The quantitative estimate of drug-likeness (QED) is 0.398. The zero-order valence-electron chi connectivity index (χ0n) is 11.5. The fourth-order valence-electron chi connectivity index (χ4n) is 1.61. The van der Waals surface area contributed by atoms with Gasteiger partial charge in [0.2, 0.25) is 0 Å². The summed E-state index contributed by atoms with van der Waals surface area (Å²) >= 11 is 5.70. The maximum atomic E-state index is 12.7. The van der Waals surface area contributed by atoms with Crippen molar-refractivity contribution in [2.45, 2.75) is 13.1 Å². The van der Waals surface area contributed by atoms with Crippen molar-refractivity contribution in [2.24, 2.45) is 10.9 Å². The van der Waals surface area contributed by atoms with Gasteiger partial charge in [0.15, 0.2) is 5.84 Å². The lowest BCUT2D eigenvalue weighted by atomic mass is 10.2. The average molecular weight is 348 g/mol. The normalized spacial score (nSPS) is 12.3. The van der Waals surface area contributed by atoms with Gasteiger partial charge in [0.25, 0.3) is 5.76 Å². The first-order valence-electron chi connectivity index (χ1n) is 6.04. The summed E-state index contributed by atoms with van der Waals surface area (Å²) in [4.78, 5) is 16.2. The summed E-state index contributed by atoms with van der Waals surface area (Å²) in [6.45, 7) is 1.17. The molecule has 1 heterocycles. The summed E-state index contributed by atoms with van der Waals surface area (Å²) in [5, 5.41) is 6.87.